The van der Waals surface area contributed by atoms with Crippen molar-refractivity contribution in [3.05, 3.63) is 11.6 Å². The minimum Gasteiger partial charge on any atom is -0.313 e. The van der Waals surface area contributed by atoms with E-state index < -0.39 is 0 Å². The van der Waals surface area contributed by atoms with Crippen LogP contribution in [0, 0.1) is 0 Å². The number of nitrogens with one attached hydrogen (secondary N) is 1. The van der Waals surface area contributed by atoms with Crippen LogP contribution in [0.25, 0.3) is 0 Å². The summed E-state index contributed by atoms with van der Waals surface area (Å²) in [6.45, 7) is 1.99. The van der Waals surface area contributed by atoms with E-state index in [-0.39, 0.29) is 0 Å². The second-order valence-electron chi connectivity index (χ2n) is 2.24. The molecule has 2 nitrogen and oxygen atoms in total. The zero-order valence-electron chi connectivity index (χ0n) is 5.39. The molecule has 0 unspecified atom stereocenters. The van der Waals surface area contributed by atoms with Gasteiger partial charge >= 0.3 is 0 Å². The van der Waals surface area contributed by atoms with E-state index in [1.54, 1.807) is 6.08 Å². The summed E-state index contributed by atoms with van der Waals surface area (Å²) in [5.41, 5.74) is 1.23. The van der Waals surface area contributed by atoms with E-state index >= 15 is 0 Å². The summed E-state index contributed by atoms with van der Waals surface area (Å²) < 4.78 is 0. The number of rotatable bonds is 1. The molecule has 0 aliphatic carbocycles. The van der Waals surface area contributed by atoms with E-state index in [4.69, 9.17) is 0 Å². The van der Waals surface area contributed by atoms with Crippen molar-refractivity contribution >= 4 is 6.29 Å². The highest BCUT2D eigenvalue weighted by Crippen LogP contribution is 2.06. The summed E-state index contributed by atoms with van der Waals surface area (Å²) in [7, 11) is 0. The molecular weight excluding hydrogens is 114 g/mol. The van der Waals surface area contributed by atoms with Gasteiger partial charge in [0, 0.05) is 6.54 Å². The Morgan fingerprint density at radius 2 is 2.44 bits per heavy atom. The highest BCUT2D eigenvalue weighted by Gasteiger charge is 2.01. The van der Waals surface area contributed by atoms with Crippen molar-refractivity contribution in [3.8, 4) is 0 Å². The maximum Gasteiger partial charge on any atom is 0.142 e. The van der Waals surface area contributed by atoms with Crippen LogP contribution in [0.3, 0.4) is 0 Å². The number of aldehydes is 1. The van der Waals surface area contributed by atoms with Gasteiger partial charge < -0.3 is 5.32 Å². The fraction of sp³-hybridized carbons (Fsp3) is 0.571. The van der Waals surface area contributed by atoms with E-state index in [1.165, 1.54) is 12.0 Å². The molecular formula is C7H11NO. The molecule has 9 heavy (non-hydrogen) atoms. The third-order valence-corrected chi connectivity index (χ3v) is 1.51. The zero-order chi connectivity index (χ0) is 6.53. The third-order valence-electron chi connectivity index (χ3n) is 1.51. The summed E-state index contributed by atoms with van der Waals surface area (Å²) >= 11 is 0. The molecule has 1 heterocycles. The van der Waals surface area contributed by atoms with Crippen molar-refractivity contribution in [1.29, 1.82) is 0 Å². The van der Waals surface area contributed by atoms with Gasteiger partial charge in [0.05, 0.1) is 0 Å². The van der Waals surface area contributed by atoms with Gasteiger partial charge in [-0.2, -0.15) is 0 Å². The van der Waals surface area contributed by atoms with Crippen LogP contribution in [0.1, 0.15) is 12.8 Å². The van der Waals surface area contributed by atoms with Crippen molar-refractivity contribution in [1.82, 2.24) is 5.32 Å². The van der Waals surface area contributed by atoms with E-state index in [0.29, 0.717) is 0 Å². The number of hydrogen-bond donors (Lipinski definition) is 1. The standard InChI is InChI=1S/C7H11NO/c9-5-3-7-2-1-4-8-6-7/h3,5,8H,1-2,4,6H2/b7-3+. The Morgan fingerprint density at radius 3 is 3.00 bits per heavy atom. The van der Waals surface area contributed by atoms with E-state index in [9.17, 15) is 4.79 Å². The fourth-order valence-electron chi connectivity index (χ4n) is 1.02. The summed E-state index contributed by atoms with van der Waals surface area (Å²) in [6, 6.07) is 0. The molecule has 0 saturated carbocycles. The van der Waals surface area contributed by atoms with Crippen LogP contribution in [0.5, 0.6) is 0 Å². The minimum absolute atomic E-state index is 0.863. The van der Waals surface area contributed by atoms with Crippen LogP contribution in [-0.2, 0) is 4.79 Å². The Labute approximate surface area is 54.9 Å². The van der Waals surface area contributed by atoms with Gasteiger partial charge in [-0.05, 0) is 25.5 Å². The van der Waals surface area contributed by atoms with Gasteiger partial charge in [0.25, 0.3) is 0 Å². The average Bonchev–Trinajstić information content (AvgIpc) is 1.91. The summed E-state index contributed by atoms with van der Waals surface area (Å²) in [5, 5.41) is 3.19. The molecule has 0 amide bonds. The quantitative estimate of drug-likeness (QED) is 0.408. The van der Waals surface area contributed by atoms with Crippen LogP contribution in [-0.4, -0.2) is 19.4 Å². The highest BCUT2D eigenvalue weighted by molar-refractivity contribution is 5.66. The van der Waals surface area contributed by atoms with Crippen molar-refractivity contribution in [3.63, 3.8) is 0 Å². The predicted octanol–water partition coefficient (Wildman–Crippen LogP) is 0.495. The van der Waals surface area contributed by atoms with Crippen LogP contribution in [0.4, 0.5) is 0 Å². The molecule has 1 rings (SSSR count). The van der Waals surface area contributed by atoms with E-state index in [2.05, 4.69) is 5.32 Å². The molecule has 2 heteroatoms. The van der Waals surface area contributed by atoms with Gasteiger partial charge in [0.15, 0.2) is 0 Å². The number of piperidine rings is 1. The second kappa shape index (κ2) is 3.41. The minimum atomic E-state index is 0.863. The number of hydrogen-bond acceptors (Lipinski definition) is 2. The molecule has 0 bridgehead atoms. The SMILES string of the molecule is O=C/C=C1\CCCNC1. The topological polar surface area (TPSA) is 29.1 Å². The largest absolute Gasteiger partial charge is 0.313 e. The number of allylic oxidation sites excluding steroid dienone is 1. The van der Waals surface area contributed by atoms with E-state index in [0.717, 1.165) is 25.8 Å². The molecule has 1 aliphatic rings. The third kappa shape index (κ3) is 1.98. The molecule has 1 aliphatic heterocycles. The van der Waals surface area contributed by atoms with Crippen LogP contribution >= 0.6 is 0 Å². The molecule has 1 fully saturated rings. The lowest BCUT2D eigenvalue weighted by Crippen LogP contribution is -2.23. The second-order valence-corrected chi connectivity index (χ2v) is 2.24. The average molecular weight is 125 g/mol. The van der Waals surface area contributed by atoms with Crippen molar-refractivity contribution in [2.75, 3.05) is 13.1 Å². The van der Waals surface area contributed by atoms with Gasteiger partial charge in [-0.15, -0.1) is 0 Å². The van der Waals surface area contributed by atoms with Gasteiger partial charge in [-0.1, -0.05) is 5.57 Å². The molecule has 0 aromatic carbocycles. The smallest absolute Gasteiger partial charge is 0.142 e. The van der Waals surface area contributed by atoms with Crippen LogP contribution in [0.15, 0.2) is 11.6 Å². The summed E-state index contributed by atoms with van der Waals surface area (Å²) in [5.74, 6) is 0. The maximum atomic E-state index is 9.97. The van der Waals surface area contributed by atoms with Gasteiger partial charge in [-0.25, -0.2) is 0 Å². The first-order chi connectivity index (χ1) is 4.43. The monoisotopic (exact) mass is 125 g/mol. The molecule has 50 valence electrons. The zero-order valence-corrected chi connectivity index (χ0v) is 5.39. The fourth-order valence-corrected chi connectivity index (χ4v) is 1.02. The lowest BCUT2D eigenvalue weighted by molar-refractivity contribution is -0.104. The Balaban J connectivity index is 2.39. The molecule has 1 saturated heterocycles. The van der Waals surface area contributed by atoms with Crippen molar-refractivity contribution in [2.45, 2.75) is 12.8 Å². The van der Waals surface area contributed by atoms with Gasteiger partial charge in [0.2, 0.25) is 0 Å². The van der Waals surface area contributed by atoms with E-state index in [1.807, 2.05) is 0 Å². The Morgan fingerprint density at radius 1 is 1.56 bits per heavy atom. The predicted molar refractivity (Wildman–Crippen MR) is 36.3 cm³/mol. The molecule has 0 aromatic heterocycles. The number of carbonyl (C=O) groups excluding carboxylic acids is 1. The van der Waals surface area contributed by atoms with Crippen molar-refractivity contribution in [2.24, 2.45) is 0 Å². The van der Waals surface area contributed by atoms with Crippen LogP contribution < -0.4 is 5.32 Å². The Kier molecular flexibility index (Phi) is 2.46. The summed E-state index contributed by atoms with van der Waals surface area (Å²) in [6.07, 6.45) is 4.78. The molecule has 0 radical (unpaired) electrons. The number of carbonyl (C=O) groups is 1. The Bertz CT molecular complexity index is 121. The molecule has 0 spiro atoms. The highest BCUT2D eigenvalue weighted by atomic mass is 16.1. The summed E-state index contributed by atoms with van der Waals surface area (Å²) in [4.78, 5) is 9.97. The van der Waals surface area contributed by atoms with Gasteiger partial charge in [0.1, 0.15) is 6.29 Å². The first kappa shape index (κ1) is 6.49. The first-order valence-electron chi connectivity index (χ1n) is 3.27. The molecule has 0 aromatic rings. The van der Waals surface area contributed by atoms with Gasteiger partial charge in [-0.3, -0.25) is 4.79 Å². The lowest BCUT2D eigenvalue weighted by Gasteiger charge is -2.13. The molecule has 0 atom stereocenters. The Hall–Kier alpha value is -0.630. The normalized spacial score (nSPS) is 24.2. The maximum absolute atomic E-state index is 9.97. The van der Waals surface area contributed by atoms with Crippen molar-refractivity contribution < 1.29 is 4.79 Å². The lowest BCUT2D eigenvalue weighted by atomic mass is 10.1. The first-order valence-corrected chi connectivity index (χ1v) is 3.27. The van der Waals surface area contributed by atoms with Crippen LogP contribution in [0.2, 0.25) is 0 Å². The molecule has 1 N–H and O–H groups in total.